The van der Waals surface area contributed by atoms with E-state index in [-0.39, 0.29) is 21.9 Å². The zero-order valence-electron chi connectivity index (χ0n) is 13.4. The van der Waals surface area contributed by atoms with E-state index in [0.29, 0.717) is 0 Å². The van der Waals surface area contributed by atoms with Crippen LogP contribution in [0.1, 0.15) is 20.7 Å². The van der Waals surface area contributed by atoms with Crippen molar-refractivity contribution in [1.82, 2.24) is 16.2 Å². The second kappa shape index (κ2) is 8.44. The molecule has 0 fully saturated rings. The predicted octanol–water partition coefficient (Wildman–Crippen LogP) is 1.45. The summed E-state index contributed by atoms with van der Waals surface area (Å²) >= 11 is 4.85. The lowest BCUT2D eigenvalue weighted by atomic mass is 10.2. The average molecular weight is 389 g/mol. The van der Waals surface area contributed by atoms with E-state index in [1.165, 1.54) is 36.4 Å². The SMILES string of the molecule is O=C(NC(=S)NNC(=O)c1ccccc1[N+](=O)[O-])c1ccc([N+](=O)[O-])cc1. The van der Waals surface area contributed by atoms with Crippen molar-refractivity contribution in [3.8, 4) is 0 Å². The molecule has 2 rings (SSSR count). The fraction of sp³-hybridized carbons (Fsp3) is 0. The number of hydrazine groups is 1. The van der Waals surface area contributed by atoms with Crippen molar-refractivity contribution in [2.24, 2.45) is 0 Å². The van der Waals surface area contributed by atoms with Gasteiger partial charge in [0.25, 0.3) is 23.2 Å². The van der Waals surface area contributed by atoms with Crippen LogP contribution in [0.3, 0.4) is 0 Å². The first-order valence-corrected chi connectivity index (χ1v) is 7.60. The third-order valence-corrected chi connectivity index (χ3v) is 3.41. The number of para-hydroxylation sites is 1. The first-order valence-electron chi connectivity index (χ1n) is 7.19. The van der Waals surface area contributed by atoms with E-state index < -0.39 is 27.3 Å². The number of rotatable bonds is 4. The number of carbonyl (C=O) groups excluding carboxylic acids is 2. The number of nitrogens with one attached hydrogen (secondary N) is 3. The fourth-order valence-electron chi connectivity index (χ4n) is 1.95. The fourth-order valence-corrected chi connectivity index (χ4v) is 2.09. The highest BCUT2D eigenvalue weighted by atomic mass is 32.1. The van der Waals surface area contributed by atoms with Gasteiger partial charge in [0.15, 0.2) is 5.11 Å². The van der Waals surface area contributed by atoms with E-state index in [1.54, 1.807) is 0 Å². The molecule has 0 radical (unpaired) electrons. The molecule has 12 heteroatoms. The third kappa shape index (κ3) is 5.02. The molecule has 0 saturated carbocycles. The number of hydrogen-bond acceptors (Lipinski definition) is 7. The van der Waals surface area contributed by atoms with Crippen LogP contribution in [-0.4, -0.2) is 26.8 Å². The van der Waals surface area contributed by atoms with Crippen LogP contribution in [-0.2, 0) is 0 Å². The van der Waals surface area contributed by atoms with Crippen LogP contribution in [0.5, 0.6) is 0 Å². The van der Waals surface area contributed by atoms with Crippen molar-refractivity contribution in [1.29, 1.82) is 0 Å². The number of nitro benzene ring substituents is 2. The second-order valence-electron chi connectivity index (χ2n) is 4.94. The molecule has 0 bridgehead atoms. The van der Waals surface area contributed by atoms with Crippen LogP contribution >= 0.6 is 12.2 Å². The van der Waals surface area contributed by atoms with Gasteiger partial charge in [-0.15, -0.1) is 0 Å². The summed E-state index contributed by atoms with van der Waals surface area (Å²) in [4.78, 5) is 44.2. The molecule has 2 amide bonds. The Morgan fingerprint density at radius 2 is 1.48 bits per heavy atom. The summed E-state index contributed by atoms with van der Waals surface area (Å²) in [5.41, 5.74) is 3.73. The van der Waals surface area contributed by atoms with Gasteiger partial charge >= 0.3 is 0 Å². The van der Waals surface area contributed by atoms with Crippen LogP contribution in [0.2, 0.25) is 0 Å². The molecule has 27 heavy (non-hydrogen) atoms. The van der Waals surface area contributed by atoms with Gasteiger partial charge in [-0.05, 0) is 30.4 Å². The van der Waals surface area contributed by atoms with Crippen molar-refractivity contribution in [3.05, 3.63) is 79.9 Å². The lowest BCUT2D eigenvalue weighted by Crippen LogP contribution is -2.48. The molecule has 2 aromatic rings. The Kier molecular flexibility index (Phi) is 6.06. The monoisotopic (exact) mass is 389 g/mol. The summed E-state index contributed by atoms with van der Waals surface area (Å²) < 4.78 is 0. The molecule has 0 aliphatic heterocycles. The number of non-ortho nitro benzene ring substituents is 1. The maximum Gasteiger partial charge on any atom is 0.282 e. The number of nitrogens with zero attached hydrogens (tertiary/aromatic N) is 2. The lowest BCUT2D eigenvalue weighted by molar-refractivity contribution is -0.385. The molecule has 0 heterocycles. The minimum absolute atomic E-state index is 0.106. The van der Waals surface area contributed by atoms with Crippen LogP contribution in [0.4, 0.5) is 11.4 Å². The standard InChI is InChI=1S/C15H11N5O6S/c21-13(9-5-7-10(8-6-9)19(23)24)16-15(27)18-17-14(22)11-3-1-2-4-12(11)20(25)26/h1-8H,(H,17,22)(H2,16,18,21,27). The largest absolute Gasteiger partial charge is 0.298 e. The number of thiocarbonyl (C=S) groups is 1. The highest BCUT2D eigenvalue weighted by Crippen LogP contribution is 2.17. The van der Waals surface area contributed by atoms with Crippen molar-refractivity contribution in [2.75, 3.05) is 0 Å². The number of nitro groups is 2. The van der Waals surface area contributed by atoms with Gasteiger partial charge < -0.3 is 0 Å². The van der Waals surface area contributed by atoms with Gasteiger partial charge in [0.1, 0.15) is 5.56 Å². The highest BCUT2D eigenvalue weighted by molar-refractivity contribution is 7.80. The number of benzene rings is 2. The molecular formula is C15H11N5O6S. The Bertz CT molecular complexity index is 931. The maximum atomic E-state index is 12.0. The van der Waals surface area contributed by atoms with E-state index in [4.69, 9.17) is 12.2 Å². The summed E-state index contributed by atoms with van der Waals surface area (Å²) in [5, 5.41) is 23.5. The molecule has 0 aromatic heterocycles. The molecule has 0 atom stereocenters. The van der Waals surface area contributed by atoms with Gasteiger partial charge in [0, 0.05) is 23.8 Å². The van der Waals surface area contributed by atoms with E-state index >= 15 is 0 Å². The molecule has 0 aliphatic carbocycles. The van der Waals surface area contributed by atoms with Gasteiger partial charge in [0.2, 0.25) is 0 Å². The molecule has 0 aliphatic rings. The second-order valence-corrected chi connectivity index (χ2v) is 5.35. The summed E-state index contributed by atoms with van der Waals surface area (Å²) in [6, 6.07) is 10.1. The first kappa shape index (κ1) is 19.4. The van der Waals surface area contributed by atoms with E-state index in [2.05, 4.69) is 16.2 Å². The Balaban J connectivity index is 1.94. The highest BCUT2D eigenvalue weighted by Gasteiger charge is 2.19. The molecule has 0 unspecified atom stereocenters. The molecule has 3 N–H and O–H groups in total. The lowest BCUT2D eigenvalue weighted by Gasteiger charge is -2.11. The molecule has 138 valence electrons. The average Bonchev–Trinajstić information content (AvgIpc) is 2.66. The van der Waals surface area contributed by atoms with Crippen molar-refractivity contribution < 1.29 is 19.4 Å². The Morgan fingerprint density at radius 3 is 2.07 bits per heavy atom. The van der Waals surface area contributed by atoms with Gasteiger partial charge in [-0.25, -0.2) is 0 Å². The van der Waals surface area contributed by atoms with E-state index in [9.17, 15) is 29.8 Å². The Morgan fingerprint density at radius 1 is 0.852 bits per heavy atom. The predicted molar refractivity (Wildman–Crippen MR) is 96.9 cm³/mol. The van der Waals surface area contributed by atoms with Crippen LogP contribution in [0.25, 0.3) is 0 Å². The normalized spacial score (nSPS) is 9.78. The Labute approximate surface area is 156 Å². The summed E-state index contributed by atoms with van der Waals surface area (Å²) in [5.74, 6) is -1.49. The van der Waals surface area contributed by atoms with Gasteiger partial charge in [0.05, 0.1) is 9.85 Å². The first-order chi connectivity index (χ1) is 12.8. The van der Waals surface area contributed by atoms with Crippen LogP contribution < -0.4 is 16.2 Å². The molecule has 0 spiro atoms. The minimum Gasteiger partial charge on any atom is -0.298 e. The van der Waals surface area contributed by atoms with Crippen molar-refractivity contribution in [3.63, 3.8) is 0 Å². The zero-order chi connectivity index (χ0) is 20.0. The maximum absolute atomic E-state index is 12.0. The van der Waals surface area contributed by atoms with Crippen molar-refractivity contribution in [2.45, 2.75) is 0 Å². The Hall–Kier alpha value is -3.93. The van der Waals surface area contributed by atoms with E-state index in [1.807, 2.05) is 0 Å². The minimum atomic E-state index is -0.825. The smallest absolute Gasteiger partial charge is 0.282 e. The third-order valence-electron chi connectivity index (χ3n) is 3.20. The van der Waals surface area contributed by atoms with Gasteiger partial charge in [-0.2, -0.15) is 0 Å². The van der Waals surface area contributed by atoms with Crippen LogP contribution in [0.15, 0.2) is 48.5 Å². The summed E-state index contributed by atoms with van der Waals surface area (Å²) in [6.45, 7) is 0. The summed E-state index contributed by atoms with van der Waals surface area (Å²) in [7, 11) is 0. The van der Waals surface area contributed by atoms with Crippen molar-refractivity contribution >= 4 is 40.5 Å². The van der Waals surface area contributed by atoms with E-state index in [0.717, 1.165) is 12.1 Å². The molecular weight excluding hydrogens is 378 g/mol. The van der Waals surface area contributed by atoms with Crippen LogP contribution in [0, 0.1) is 20.2 Å². The molecule has 2 aromatic carbocycles. The summed E-state index contributed by atoms with van der Waals surface area (Å²) in [6.07, 6.45) is 0. The topological polar surface area (TPSA) is 157 Å². The number of hydrogen-bond donors (Lipinski definition) is 3. The number of amides is 2. The van der Waals surface area contributed by atoms with Gasteiger partial charge in [-0.1, -0.05) is 12.1 Å². The quantitative estimate of drug-likeness (QED) is 0.403. The van der Waals surface area contributed by atoms with Gasteiger partial charge in [-0.3, -0.25) is 46.0 Å². The molecule has 0 saturated heterocycles. The molecule has 11 nitrogen and oxygen atoms in total. The number of carbonyl (C=O) groups is 2. The zero-order valence-corrected chi connectivity index (χ0v) is 14.2.